The first kappa shape index (κ1) is 41.3. The van der Waals surface area contributed by atoms with E-state index in [0.29, 0.717) is 5.82 Å². The fraction of sp³-hybridized carbons (Fsp3) is 0. The summed E-state index contributed by atoms with van der Waals surface area (Å²) < 4.78 is 2.51. The van der Waals surface area contributed by atoms with Crippen LogP contribution >= 0.6 is 0 Å². The van der Waals surface area contributed by atoms with Gasteiger partial charge in [0.1, 0.15) is 0 Å². The van der Waals surface area contributed by atoms with E-state index in [-0.39, 0.29) is 0 Å². The molecule has 336 valence electrons. The van der Waals surface area contributed by atoms with Gasteiger partial charge in [0.15, 0.2) is 5.82 Å². The summed E-state index contributed by atoms with van der Waals surface area (Å²) in [5.41, 5.74) is 20.0. The van der Waals surface area contributed by atoms with Gasteiger partial charge in [-0.25, -0.2) is 9.97 Å². The maximum atomic E-state index is 5.26. The van der Waals surface area contributed by atoms with Crippen molar-refractivity contribution in [1.29, 1.82) is 0 Å². The fourth-order valence-electron chi connectivity index (χ4n) is 11.2. The van der Waals surface area contributed by atoms with E-state index in [2.05, 4.69) is 264 Å². The van der Waals surface area contributed by atoms with Gasteiger partial charge in [-0.1, -0.05) is 224 Å². The largest absolute Gasteiger partial charge is 0.309 e. The predicted molar refractivity (Wildman–Crippen MR) is 300 cm³/mol. The van der Waals surface area contributed by atoms with Crippen LogP contribution in [0.1, 0.15) is 0 Å². The highest BCUT2D eigenvalue weighted by Gasteiger charge is 2.32. The Morgan fingerprint density at radius 1 is 0.264 bits per heavy atom. The Labute approximate surface area is 418 Å². The molecule has 0 amide bonds. The van der Waals surface area contributed by atoms with Gasteiger partial charge in [-0.2, -0.15) is 0 Å². The molecule has 0 N–H and O–H groups in total. The van der Waals surface area contributed by atoms with Crippen LogP contribution in [0.4, 0.5) is 17.1 Å². The molecular weight excluding hydrogens is 873 g/mol. The lowest BCUT2D eigenvalue weighted by Crippen LogP contribution is -2.12. The maximum Gasteiger partial charge on any atom is 0.161 e. The predicted octanol–water partition coefficient (Wildman–Crippen LogP) is 18.2. The summed E-state index contributed by atoms with van der Waals surface area (Å²) in [6.45, 7) is 0. The zero-order valence-electron chi connectivity index (χ0n) is 39.2. The third-order valence-electron chi connectivity index (χ3n) is 14.4. The molecule has 2 aromatic heterocycles. The van der Waals surface area contributed by atoms with Gasteiger partial charge in [0.05, 0.1) is 45.3 Å². The molecule has 0 atom stereocenters. The number of aromatic nitrogens is 3. The minimum absolute atomic E-state index is 0.696. The van der Waals surface area contributed by atoms with Gasteiger partial charge >= 0.3 is 0 Å². The highest BCUT2D eigenvalue weighted by atomic mass is 15.2. The SMILES string of the molecule is c1ccc(-c2cc(-c3ccccc3)nc(-c3ccc(-c4ccc(N5c6ccccc6-c6c(n(-c7ccccc7-c7ccccc7)c7ccccc67)-c6ccccc65)c5ccccc45)c4ccccc34)n2)cc1. The average Bonchev–Trinajstić information content (AvgIpc) is 3.74. The monoisotopic (exact) mass is 916 g/mol. The topological polar surface area (TPSA) is 34.0 Å². The van der Waals surface area contributed by atoms with Crippen LogP contribution in [-0.2, 0) is 0 Å². The number of para-hydroxylation sites is 4. The van der Waals surface area contributed by atoms with Crippen LogP contribution in [-0.4, -0.2) is 14.5 Å². The van der Waals surface area contributed by atoms with E-state index in [4.69, 9.17) is 9.97 Å². The minimum Gasteiger partial charge on any atom is -0.309 e. The molecule has 4 nitrogen and oxygen atoms in total. The smallest absolute Gasteiger partial charge is 0.161 e. The van der Waals surface area contributed by atoms with Crippen molar-refractivity contribution in [3.8, 4) is 84.2 Å². The molecule has 1 aliphatic heterocycles. The molecule has 0 unspecified atom stereocenters. The van der Waals surface area contributed by atoms with Crippen molar-refractivity contribution in [2.75, 3.05) is 4.90 Å². The summed E-state index contributed by atoms with van der Waals surface area (Å²) in [4.78, 5) is 13.0. The van der Waals surface area contributed by atoms with Crippen molar-refractivity contribution in [3.05, 3.63) is 267 Å². The van der Waals surface area contributed by atoms with Gasteiger partial charge in [0.25, 0.3) is 0 Å². The van der Waals surface area contributed by atoms with Crippen LogP contribution in [0.5, 0.6) is 0 Å². The highest BCUT2D eigenvalue weighted by molar-refractivity contribution is 6.17. The molecular formula is C68H44N4. The molecule has 14 rings (SSSR count). The summed E-state index contributed by atoms with van der Waals surface area (Å²) >= 11 is 0. The van der Waals surface area contributed by atoms with Crippen LogP contribution in [0.2, 0.25) is 0 Å². The lowest BCUT2D eigenvalue weighted by molar-refractivity contribution is 1.14. The van der Waals surface area contributed by atoms with Crippen LogP contribution < -0.4 is 4.90 Å². The Kier molecular flexibility index (Phi) is 9.82. The van der Waals surface area contributed by atoms with Crippen LogP contribution in [0, 0.1) is 0 Å². The van der Waals surface area contributed by atoms with Crippen LogP contribution in [0.15, 0.2) is 267 Å². The number of benzene rings is 11. The van der Waals surface area contributed by atoms with E-state index < -0.39 is 0 Å². The minimum atomic E-state index is 0.696. The van der Waals surface area contributed by atoms with Crippen molar-refractivity contribution >= 4 is 49.5 Å². The summed E-state index contributed by atoms with van der Waals surface area (Å²) in [5.74, 6) is 0.696. The van der Waals surface area contributed by atoms with E-state index in [1.807, 2.05) is 12.1 Å². The molecule has 3 heterocycles. The third-order valence-corrected chi connectivity index (χ3v) is 14.4. The number of nitrogens with zero attached hydrogens (tertiary/aromatic N) is 4. The summed E-state index contributed by atoms with van der Waals surface area (Å²) in [6, 6.07) is 96.0. The van der Waals surface area contributed by atoms with Gasteiger partial charge in [-0.05, 0) is 75.3 Å². The Hall–Kier alpha value is -9.64. The number of hydrogen-bond donors (Lipinski definition) is 0. The second-order valence-electron chi connectivity index (χ2n) is 18.4. The molecule has 0 bridgehead atoms. The first-order chi connectivity index (χ1) is 35.8. The maximum absolute atomic E-state index is 5.26. The van der Waals surface area contributed by atoms with E-state index in [1.165, 1.54) is 44.2 Å². The molecule has 0 spiro atoms. The molecule has 0 saturated heterocycles. The number of anilines is 3. The normalized spacial score (nSPS) is 11.9. The molecule has 0 fully saturated rings. The summed E-state index contributed by atoms with van der Waals surface area (Å²) in [5, 5.41) is 5.78. The lowest BCUT2D eigenvalue weighted by Gasteiger charge is -2.29. The van der Waals surface area contributed by atoms with Gasteiger partial charge in [0.2, 0.25) is 0 Å². The summed E-state index contributed by atoms with van der Waals surface area (Å²) in [7, 11) is 0. The van der Waals surface area contributed by atoms with Gasteiger partial charge in [0, 0.05) is 49.7 Å². The van der Waals surface area contributed by atoms with E-state index in [9.17, 15) is 0 Å². The second-order valence-corrected chi connectivity index (χ2v) is 18.4. The molecule has 13 aromatic rings. The third kappa shape index (κ3) is 6.69. The standard InChI is InChI=1S/C68H44N4/c1-4-22-45(23-5-1)48-28-14-18-36-61(48)72-63-38-20-16-34-57(63)66-56-33-15-19-37-62(56)71(64-39-21-17-35-58(64)67(66)72)65-43-42-53(50-30-12-13-32-54(50)65)52-40-41-55(51-31-11-10-29-49(51)52)68-69-59(46-24-6-2-7-25-46)44-60(70-68)47-26-8-3-9-27-47/h1-44H. The van der Waals surface area contributed by atoms with E-state index in [1.54, 1.807) is 0 Å². The van der Waals surface area contributed by atoms with E-state index in [0.717, 1.165) is 83.7 Å². The van der Waals surface area contributed by atoms with Crippen molar-refractivity contribution < 1.29 is 0 Å². The average molecular weight is 917 g/mol. The van der Waals surface area contributed by atoms with Gasteiger partial charge < -0.3 is 9.47 Å². The molecule has 72 heavy (non-hydrogen) atoms. The molecule has 1 aliphatic rings. The quantitative estimate of drug-likeness (QED) is 0.160. The molecule has 11 aromatic carbocycles. The highest BCUT2D eigenvalue weighted by Crippen LogP contribution is 2.56. The van der Waals surface area contributed by atoms with Crippen molar-refractivity contribution in [1.82, 2.24) is 14.5 Å². The summed E-state index contributed by atoms with van der Waals surface area (Å²) in [6.07, 6.45) is 0. The molecule has 0 aliphatic carbocycles. The van der Waals surface area contributed by atoms with Crippen LogP contribution in [0.25, 0.3) is 117 Å². The molecule has 0 saturated carbocycles. The Morgan fingerprint density at radius 2 is 0.694 bits per heavy atom. The van der Waals surface area contributed by atoms with Crippen LogP contribution in [0.3, 0.4) is 0 Å². The first-order valence-electron chi connectivity index (χ1n) is 24.6. The zero-order chi connectivity index (χ0) is 47.5. The molecule has 4 heteroatoms. The number of hydrogen-bond acceptors (Lipinski definition) is 3. The number of rotatable bonds is 7. The fourth-order valence-corrected chi connectivity index (χ4v) is 11.2. The van der Waals surface area contributed by atoms with Crippen molar-refractivity contribution in [2.45, 2.75) is 0 Å². The van der Waals surface area contributed by atoms with Gasteiger partial charge in [-0.3, -0.25) is 0 Å². The Balaban J connectivity index is 0.965. The lowest BCUT2D eigenvalue weighted by atomic mass is 9.91. The van der Waals surface area contributed by atoms with Gasteiger partial charge in [-0.15, -0.1) is 0 Å². The van der Waals surface area contributed by atoms with E-state index >= 15 is 0 Å². The second kappa shape index (κ2) is 17.1. The Morgan fingerprint density at radius 3 is 1.33 bits per heavy atom. The molecule has 0 radical (unpaired) electrons. The zero-order valence-corrected chi connectivity index (χ0v) is 39.2. The Bertz CT molecular complexity index is 4160. The number of fused-ring (bicyclic) bond motifs is 9. The van der Waals surface area contributed by atoms with Crippen molar-refractivity contribution in [2.24, 2.45) is 0 Å². The van der Waals surface area contributed by atoms with Crippen molar-refractivity contribution in [3.63, 3.8) is 0 Å². The first-order valence-corrected chi connectivity index (χ1v) is 24.6.